The Balaban J connectivity index is 1.98. The van der Waals surface area contributed by atoms with Crippen molar-refractivity contribution in [3.05, 3.63) is 28.8 Å². The van der Waals surface area contributed by atoms with Crippen LogP contribution in [0, 0.1) is 19.8 Å². The highest BCUT2D eigenvalue weighted by atomic mass is 16.5. The van der Waals surface area contributed by atoms with Crippen molar-refractivity contribution in [3.8, 4) is 5.75 Å². The minimum Gasteiger partial charge on any atom is -0.496 e. The lowest BCUT2D eigenvalue weighted by molar-refractivity contribution is -0.137. The van der Waals surface area contributed by atoms with Crippen LogP contribution in [0.3, 0.4) is 0 Å². The molecule has 0 unspecified atom stereocenters. The number of aryl methyl sites for hydroxylation is 2. The number of likely N-dealkylation sites (tertiary alicyclic amines) is 1. The highest BCUT2D eigenvalue weighted by molar-refractivity contribution is 6.34. The number of hydrogen-bond acceptors (Lipinski definition) is 4. The van der Waals surface area contributed by atoms with E-state index in [2.05, 4.69) is 36.2 Å². The van der Waals surface area contributed by atoms with Crippen molar-refractivity contribution < 1.29 is 14.3 Å². The summed E-state index contributed by atoms with van der Waals surface area (Å²) in [6.45, 7) is 7.38. The summed E-state index contributed by atoms with van der Waals surface area (Å²) in [7, 11) is 1.71. The van der Waals surface area contributed by atoms with Crippen LogP contribution in [0.5, 0.6) is 5.75 Å². The second-order valence-corrected chi connectivity index (χ2v) is 6.59. The summed E-state index contributed by atoms with van der Waals surface area (Å²) < 4.78 is 5.57. The maximum atomic E-state index is 11.3. The third-order valence-electron chi connectivity index (χ3n) is 4.47. The molecule has 1 aromatic carbocycles. The maximum absolute atomic E-state index is 11.3. The van der Waals surface area contributed by atoms with Gasteiger partial charge in [0, 0.05) is 25.2 Å². The Hall–Kier alpha value is -2.08. The molecule has 3 N–H and O–H groups in total. The normalized spacial score (nSPS) is 18.2. The van der Waals surface area contributed by atoms with Crippen LogP contribution >= 0.6 is 0 Å². The van der Waals surface area contributed by atoms with Crippen LogP contribution in [0.2, 0.25) is 0 Å². The number of methoxy groups -OCH3 is 1. The topological polar surface area (TPSA) is 84.7 Å². The van der Waals surface area contributed by atoms with E-state index in [1.54, 1.807) is 7.11 Å². The summed E-state index contributed by atoms with van der Waals surface area (Å²) in [4.78, 5) is 24.5. The van der Waals surface area contributed by atoms with E-state index in [4.69, 9.17) is 10.5 Å². The van der Waals surface area contributed by atoms with Gasteiger partial charge in [0.1, 0.15) is 5.75 Å². The zero-order chi connectivity index (χ0) is 17.7. The van der Waals surface area contributed by atoms with Crippen molar-refractivity contribution in [1.29, 1.82) is 0 Å². The van der Waals surface area contributed by atoms with Gasteiger partial charge >= 0.3 is 11.8 Å². The number of rotatable bonds is 5. The number of nitrogens with one attached hydrogen (secondary N) is 1. The molecule has 1 aliphatic rings. The fourth-order valence-corrected chi connectivity index (χ4v) is 3.48. The summed E-state index contributed by atoms with van der Waals surface area (Å²) >= 11 is 0. The van der Waals surface area contributed by atoms with Gasteiger partial charge in [-0.2, -0.15) is 0 Å². The van der Waals surface area contributed by atoms with Crippen molar-refractivity contribution in [3.63, 3.8) is 0 Å². The Morgan fingerprint density at radius 2 is 2.12 bits per heavy atom. The monoisotopic (exact) mass is 333 g/mol. The molecule has 6 nitrogen and oxygen atoms in total. The molecule has 1 atom stereocenters. The summed E-state index contributed by atoms with van der Waals surface area (Å²) in [5, 5.41) is 2.61. The van der Waals surface area contributed by atoms with Gasteiger partial charge in [0.15, 0.2) is 0 Å². The molecule has 0 aliphatic carbocycles. The number of amides is 2. The smallest absolute Gasteiger partial charge is 0.309 e. The van der Waals surface area contributed by atoms with Crippen molar-refractivity contribution in [2.45, 2.75) is 33.2 Å². The Morgan fingerprint density at radius 3 is 2.79 bits per heavy atom. The van der Waals surface area contributed by atoms with Gasteiger partial charge in [-0.3, -0.25) is 14.5 Å². The molecular formula is C18H27N3O3. The van der Waals surface area contributed by atoms with E-state index in [0.717, 1.165) is 43.8 Å². The van der Waals surface area contributed by atoms with Gasteiger partial charge in [-0.15, -0.1) is 0 Å². The van der Waals surface area contributed by atoms with E-state index in [9.17, 15) is 9.59 Å². The van der Waals surface area contributed by atoms with E-state index >= 15 is 0 Å². The van der Waals surface area contributed by atoms with Gasteiger partial charge in [-0.25, -0.2) is 0 Å². The van der Waals surface area contributed by atoms with E-state index in [1.807, 2.05) is 0 Å². The maximum Gasteiger partial charge on any atom is 0.309 e. The van der Waals surface area contributed by atoms with Crippen LogP contribution in [0.4, 0.5) is 0 Å². The zero-order valence-electron chi connectivity index (χ0n) is 14.7. The van der Waals surface area contributed by atoms with E-state index in [-0.39, 0.29) is 0 Å². The molecule has 0 bridgehead atoms. The molecule has 1 fully saturated rings. The van der Waals surface area contributed by atoms with E-state index < -0.39 is 11.8 Å². The van der Waals surface area contributed by atoms with Gasteiger partial charge in [-0.1, -0.05) is 17.7 Å². The predicted octanol–water partition coefficient (Wildman–Crippen LogP) is 1.13. The SMILES string of the molecule is COc1c(C)cc(C)cc1CN1CCC[C@@H](CNC(=O)C(N)=O)C1. The number of carbonyl (C=O) groups is 2. The molecule has 6 heteroatoms. The average Bonchev–Trinajstić information content (AvgIpc) is 2.52. The molecule has 1 aliphatic heterocycles. The minimum absolute atomic E-state index is 0.332. The van der Waals surface area contributed by atoms with Gasteiger partial charge in [-0.05, 0) is 44.7 Å². The Bertz CT molecular complexity index is 616. The Morgan fingerprint density at radius 1 is 1.38 bits per heavy atom. The molecule has 132 valence electrons. The van der Waals surface area contributed by atoms with Crippen molar-refractivity contribution >= 4 is 11.8 Å². The molecule has 2 rings (SSSR count). The fraction of sp³-hybridized carbons (Fsp3) is 0.556. The molecule has 0 radical (unpaired) electrons. The van der Waals surface area contributed by atoms with Crippen molar-refractivity contribution in [2.75, 3.05) is 26.7 Å². The largest absolute Gasteiger partial charge is 0.496 e. The second-order valence-electron chi connectivity index (χ2n) is 6.59. The van der Waals surface area contributed by atoms with Crippen LogP contribution in [0.25, 0.3) is 0 Å². The number of hydrogen-bond donors (Lipinski definition) is 2. The molecule has 2 amide bonds. The van der Waals surface area contributed by atoms with E-state index in [0.29, 0.717) is 12.5 Å². The summed E-state index contributed by atoms with van der Waals surface area (Å²) in [5.74, 6) is -0.352. The van der Waals surface area contributed by atoms with E-state index in [1.165, 1.54) is 11.1 Å². The first kappa shape index (κ1) is 18.3. The molecular weight excluding hydrogens is 306 g/mol. The van der Waals surface area contributed by atoms with Gasteiger partial charge in [0.2, 0.25) is 0 Å². The van der Waals surface area contributed by atoms with Crippen LogP contribution in [0.1, 0.15) is 29.5 Å². The Labute approximate surface area is 143 Å². The molecule has 24 heavy (non-hydrogen) atoms. The molecule has 0 aromatic heterocycles. The molecule has 1 aromatic rings. The quantitative estimate of drug-likeness (QED) is 0.791. The highest BCUT2D eigenvalue weighted by Gasteiger charge is 2.22. The van der Waals surface area contributed by atoms with Gasteiger partial charge < -0.3 is 15.8 Å². The average molecular weight is 333 g/mol. The summed E-state index contributed by atoms with van der Waals surface area (Å²) in [5.41, 5.74) is 8.53. The molecule has 1 heterocycles. The number of benzene rings is 1. The Kier molecular flexibility index (Phi) is 6.20. The van der Waals surface area contributed by atoms with Gasteiger partial charge in [0.25, 0.3) is 0 Å². The van der Waals surface area contributed by atoms with Crippen LogP contribution in [0.15, 0.2) is 12.1 Å². The number of piperidine rings is 1. The predicted molar refractivity (Wildman–Crippen MR) is 92.7 cm³/mol. The fourth-order valence-electron chi connectivity index (χ4n) is 3.48. The first-order chi connectivity index (χ1) is 11.4. The van der Waals surface area contributed by atoms with Crippen LogP contribution in [-0.2, 0) is 16.1 Å². The number of primary amides is 1. The zero-order valence-corrected chi connectivity index (χ0v) is 14.7. The molecule has 0 saturated carbocycles. The lowest BCUT2D eigenvalue weighted by atomic mass is 9.97. The lowest BCUT2D eigenvalue weighted by Crippen LogP contribution is -2.43. The molecule has 0 spiro atoms. The second kappa shape index (κ2) is 8.15. The van der Waals surface area contributed by atoms with Crippen LogP contribution in [-0.4, -0.2) is 43.5 Å². The summed E-state index contributed by atoms with van der Waals surface area (Å²) in [6, 6.07) is 4.30. The van der Waals surface area contributed by atoms with Gasteiger partial charge in [0.05, 0.1) is 7.11 Å². The summed E-state index contributed by atoms with van der Waals surface area (Å²) in [6.07, 6.45) is 2.11. The first-order valence-corrected chi connectivity index (χ1v) is 8.34. The number of nitrogens with zero attached hydrogens (tertiary/aromatic N) is 1. The van der Waals surface area contributed by atoms with Crippen LogP contribution < -0.4 is 15.8 Å². The van der Waals surface area contributed by atoms with Crippen molar-refractivity contribution in [2.24, 2.45) is 11.7 Å². The first-order valence-electron chi connectivity index (χ1n) is 8.34. The number of carbonyl (C=O) groups excluding carboxylic acids is 2. The lowest BCUT2D eigenvalue weighted by Gasteiger charge is -2.33. The number of ether oxygens (including phenoxy) is 1. The standard InChI is InChI=1S/C18H27N3O3/c1-12-7-13(2)16(24-3)15(8-12)11-21-6-4-5-14(10-21)9-20-18(23)17(19)22/h7-8,14H,4-6,9-11H2,1-3H3,(H2,19,22)(H,20,23)/t14-/m0/s1. The minimum atomic E-state index is -0.928. The molecule has 1 saturated heterocycles. The third kappa shape index (κ3) is 4.71. The highest BCUT2D eigenvalue weighted by Crippen LogP contribution is 2.28. The third-order valence-corrected chi connectivity index (χ3v) is 4.47. The van der Waals surface area contributed by atoms with Crippen molar-refractivity contribution in [1.82, 2.24) is 10.2 Å². The number of nitrogens with two attached hydrogens (primary N) is 1.